The predicted octanol–water partition coefficient (Wildman–Crippen LogP) is -3.16. The van der Waals surface area contributed by atoms with E-state index in [2.05, 4.69) is 10.6 Å². The molecule has 0 aromatic rings. The lowest BCUT2D eigenvalue weighted by atomic mass is 10.1. The first kappa shape index (κ1) is 28.6. The van der Waals surface area contributed by atoms with Gasteiger partial charge in [-0.15, -0.1) is 0 Å². The molecule has 0 aromatic heterocycles. The fourth-order valence-electron chi connectivity index (χ4n) is 2.29. The second-order valence-electron chi connectivity index (χ2n) is 6.69. The maximum absolute atomic E-state index is 12.4. The van der Waals surface area contributed by atoms with Crippen molar-refractivity contribution < 1.29 is 44.4 Å². The van der Waals surface area contributed by atoms with Gasteiger partial charge in [0, 0.05) is 6.42 Å². The topological polar surface area (TPSA) is 228 Å². The Morgan fingerprint density at radius 1 is 0.935 bits per heavy atom. The first-order valence-corrected chi connectivity index (χ1v) is 10.7. The number of amides is 3. The Balaban J connectivity index is 5.11. The number of aliphatic carboxylic acids is 2. The number of aliphatic hydroxyl groups is 2. The average molecular weight is 467 g/mol. The lowest BCUT2D eigenvalue weighted by Crippen LogP contribution is -2.60. The fraction of sp³-hybridized carbons (Fsp3) is 0.706. The van der Waals surface area contributed by atoms with Gasteiger partial charge in [-0.25, -0.2) is 4.79 Å². The van der Waals surface area contributed by atoms with E-state index in [0.29, 0.717) is 12.2 Å². The molecule has 0 rings (SSSR count). The summed E-state index contributed by atoms with van der Waals surface area (Å²) in [7, 11) is 0. The molecule has 31 heavy (non-hydrogen) atoms. The summed E-state index contributed by atoms with van der Waals surface area (Å²) in [5.41, 5.74) is 5.72. The van der Waals surface area contributed by atoms with Crippen molar-refractivity contribution in [1.82, 2.24) is 16.0 Å². The minimum atomic E-state index is -1.61. The molecular formula is C17H30N4O9S. The number of nitrogens with two attached hydrogens (primary N) is 1. The van der Waals surface area contributed by atoms with Crippen LogP contribution in [0.1, 0.15) is 26.2 Å². The smallest absolute Gasteiger partial charge is 0.326 e. The number of carbonyl (C=O) groups excluding carboxylic acids is 3. The molecule has 0 aliphatic heterocycles. The van der Waals surface area contributed by atoms with Crippen molar-refractivity contribution >= 4 is 41.4 Å². The summed E-state index contributed by atoms with van der Waals surface area (Å²) in [5, 5.41) is 43.4. The van der Waals surface area contributed by atoms with Crippen LogP contribution in [0.4, 0.5) is 0 Å². The summed E-state index contributed by atoms with van der Waals surface area (Å²) in [6.07, 6.45) is -0.159. The van der Waals surface area contributed by atoms with Gasteiger partial charge in [0.1, 0.15) is 18.1 Å². The third-order valence-corrected chi connectivity index (χ3v) is 4.75. The van der Waals surface area contributed by atoms with Crippen molar-refractivity contribution in [2.75, 3.05) is 18.6 Å². The molecule has 0 fully saturated rings. The Kier molecular flexibility index (Phi) is 13.4. The Labute approximate surface area is 183 Å². The molecule has 0 saturated carbocycles. The van der Waals surface area contributed by atoms with Crippen molar-refractivity contribution in [2.24, 2.45) is 5.73 Å². The zero-order valence-electron chi connectivity index (χ0n) is 17.2. The van der Waals surface area contributed by atoms with E-state index in [9.17, 15) is 34.2 Å². The Morgan fingerprint density at radius 2 is 1.52 bits per heavy atom. The molecule has 0 heterocycles. The summed E-state index contributed by atoms with van der Waals surface area (Å²) in [4.78, 5) is 58.6. The van der Waals surface area contributed by atoms with E-state index in [1.165, 1.54) is 18.7 Å². The number of rotatable bonds is 15. The normalized spacial score (nSPS) is 15.6. The van der Waals surface area contributed by atoms with Gasteiger partial charge in [-0.1, -0.05) is 0 Å². The van der Waals surface area contributed by atoms with Gasteiger partial charge in [0.15, 0.2) is 0 Å². The first-order chi connectivity index (χ1) is 14.4. The number of carboxylic acid groups (broad SMARTS) is 2. The Morgan fingerprint density at radius 3 is 1.97 bits per heavy atom. The standard InChI is InChI=1S/C17H30N4O9S/c1-8(23)13(21-14(26)9(18)5-6-31-2)16(28)20-11(7-22)15(27)19-10(17(29)30)3-4-12(24)25/h8-11,13,22-23H,3-7,18H2,1-2H3,(H,19,27)(H,20,28)(H,21,26)(H,24,25)(H,29,30). The van der Waals surface area contributed by atoms with E-state index in [1.807, 2.05) is 11.6 Å². The fourth-order valence-corrected chi connectivity index (χ4v) is 2.78. The molecule has 178 valence electrons. The maximum Gasteiger partial charge on any atom is 0.326 e. The Bertz CT molecular complexity index is 647. The molecule has 5 unspecified atom stereocenters. The number of nitrogens with one attached hydrogen (secondary N) is 3. The number of carbonyl (C=O) groups is 5. The Hall–Kier alpha value is -2.42. The zero-order chi connectivity index (χ0) is 24.1. The van der Waals surface area contributed by atoms with Gasteiger partial charge in [0.2, 0.25) is 17.7 Å². The van der Waals surface area contributed by atoms with Crippen molar-refractivity contribution in [1.29, 1.82) is 0 Å². The molecule has 0 radical (unpaired) electrons. The van der Waals surface area contributed by atoms with Crippen molar-refractivity contribution in [2.45, 2.75) is 56.5 Å². The third-order valence-electron chi connectivity index (χ3n) is 4.11. The summed E-state index contributed by atoms with van der Waals surface area (Å²) < 4.78 is 0. The second-order valence-corrected chi connectivity index (χ2v) is 7.68. The van der Waals surface area contributed by atoms with Gasteiger partial charge in [-0.3, -0.25) is 19.2 Å². The highest BCUT2D eigenvalue weighted by Crippen LogP contribution is 2.02. The van der Waals surface area contributed by atoms with Gasteiger partial charge >= 0.3 is 11.9 Å². The minimum absolute atomic E-state index is 0.329. The van der Waals surface area contributed by atoms with Crippen LogP contribution in [-0.4, -0.2) is 99.0 Å². The van der Waals surface area contributed by atoms with Gasteiger partial charge in [0.05, 0.1) is 18.8 Å². The number of hydrogen-bond acceptors (Lipinski definition) is 9. The molecule has 0 bridgehead atoms. The van der Waals surface area contributed by atoms with Gasteiger partial charge in [0.25, 0.3) is 0 Å². The largest absolute Gasteiger partial charge is 0.481 e. The highest BCUT2D eigenvalue weighted by atomic mass is 32.2. The van der Waals surface area contributed by atoms with Crippen molar-refractivity contribution in [3.05, 3.63) is 0 Å². The number of aliphatic hydroxyl groups excluding tert-OH is 2. The predicted molar refractivity (Wildman–Crippen MR) is 110 cm³/mol. The molecule has 5 atom stereocenters. The molecule has 14 heteroatoms. The van der Waals surface area contributed by atoms with Crippen LogP contribution in [0.3, 0.4) is 0 Å². The number of hydrogen-bond donors (Lipinski definition) is 8. The van der Waals surface area contributed by atoms with E-state index < -0.39 is 79.4 Å². The summed E-state index contributed by atoms with van der Waals surface area (Å²) >= 11 is 1.47. The van der Waals surface area contributed by atoms with Crippen LogP contribution in [0.25, 0.3) is 0 Å². The summed E-state index contributed by atoms with van der Waals surface area (Å²) in [6, 6.07) is -5.58. The van der Waals surface area contributed by atoms with Crippen LogP contribution in [0, 0.1) is 0 Å². The molecule has 13 nitrogen and oxygen atoms in total. The molecule has 0 saturated heterocycles. The van der Waals surface area contributed by atoms with Crippen LogP contribution in [0.5, 0.6) is 0 Å². The monoisotopic (exact) mass is 466 g/mol. The van der Waals surface area contributed by atoms with Gasteiger partial charge < -0.3 is 42.1 Å². The number of carboxylic acids is 2. The van der Waals surface area contributed by atoms with Crippen molar-refractivity contribution in [3.63, 3.8) is 0 Å². The molecule has 0 spiro atoms. The summed E-state index contributed by atoms with van der Waals surface area (Å²) in [6.45, 7) is 0.300. The van der Waals surface area contributed by atoms with E-state index >= 15 is 0 Å². The lowest BCUT2D eigenvalue weighted by Gasteiger charge is -2.25. The minimum Gasteiger partial charge on any atom is -0.481 e. The molecule has 3 amide bonds. The molecular weight excluding hydrogens is 436 g/mol. The van der Waals surface area contributed by atoms with Gasteiger partial charge in [-0.2, -0.15) is 11.8 Å². The summed E-state index contributed by atoms with van der Waals surface area (Å²) in [5.74, 6) is -4.95. The van der Waals surface area contributed by atoms with E-state index in [1.54, 1.807) is 0 Å². The third kappa shape index (κ3) is 11.0. The van der Waals surface area contributed by atoms with E-state index in [-0.39, 0.29) is 0 Å². The molecule has 9 N–H and O–H groups in total. The maximum atomic E-state index is 12.4. The zero-order valence-corrected chi connectivity index (χ0v) is 18.1. The van der Waals surface area contributed by atoms with Crippen LogP contribution in [0.15, 0.2) is 0 Å². The van der Waals surface area contributed by atoms with E-state index in [0.717, 1.165) is 0 Å². The highest BCUT2D eigenvalue weighted by Gasteiger charge is 2.32. The van der Waals surface area contributed by atoms with Crippen LogP contribution < -0.4 is 21.7 Å². The molecule has 0 aromatic carbocycles. The molecule has 0 aliphatic rings. The first-order valence-electron chi connectivity index (χ1n) is 9.33. The molecule has 0 aliphatic carbocycles. The number of thioether (sulfide) groups is 1. The average Bonchev–Trinajstić information content (AvgIpc) is 2.69. The highest BCUT2D eigenvalue weighted by molar-refractivity contribution is 7.98. The van der Waals surface area contributed by atoms with Crippen molar-refractivity contribution in [3.8, 4) is 0 Å². The quantitative estimate of drug-likeness (QED) is 0.120. The van der Waals surface area contributed by atoms with Gasteiger partial charge in [-0.05, 0) is 31.8 Å². The lowest BCUT2D eigenvalue weighted by molar-refractivity contribution is -0.143. The SMILES string of the molecule is CSCCC(N)C(=O)NC(C(=O)NC(CO)C(=O)NC(CCC(=O)O)C(=O)O)C(C)O. The van der Waals surface area contributed by atoms with Crippen LogP contribution in [-0.2, 0) is 24.0 Å². The van der Waals surface area contributed by atoms with Crippen LogP contribution >= 0.6 is 11.8 Å². The van der Waals surface area contributed by atoms with Crippen LogP contribution in [0.2, 0.25) is 0 Å². The van der Waals surface area contributed by atoms with E-state index in [4.69, 9.17) is 15.9 Å². The second kappa shape index (κ2) is 14.6.